The quantitative estimate of drug-likeness (QED) is 0.0304. The van der Waals surface area contributed by atoms with Gasteiger partial charge in [0.1, 0.15) is 0 Å². The Labute approximate surface area is 706 Å². The van der Waals surface area contributed by atoms with Crippen LogP contribution in [0.1, 0.15) is 106 Å². The van der Waals surface area contributed by atoms with Crippen molar-refractivity contribution < 1.29 is 272 Å². The molecule has 0 unspecified atom stereocenters. The van der Waals surface area contributed by atoms with Crippen LogP contribution in [0.3, 0.4) is 0 Å². The van der Waals surface area contributed by atoms with Crippen LogP contribution in [-0.2, 0) is 48.6 Å². The fraction of sp³-hybridized carbons (Fsp3) is 0.913. The number of nitrogens with two attached hydrogens (primary N) is 1. The van der Waals surface area contributed by atoms with Crippen LogP contribution in [-0.4, -0.2) is 244 Å². The molecule has 0 spiro atoms. The summed E-state index contributed by atoms with van der Waals surface area (Å²) in [5.41, 5.74) is 4.00. The Morgan fingerprint density at radius 1 is 0.500 bits per heavy atom. The maximum atomic E-state index is 8.64. The van der Waals surface area contributed by atoms with Gasteiger partial charge in [0.25, 0.3) is 6.47 Å². The van der Waals surface area contributed by atoms with E-state index >= 15 is 0 Å². The Morgan fingerprint density at radius 2 is 0.577 bits per heavy atom. The zero-order chi connectivity index (χ0) is 29.9. The van der Waals surface area contributed by atoms with Crippen LogP contribution in [0.25, 0.3) is 0 Å². The summed E-state index contributed by atoms with van der Waals surface area (Å²) < 4.78 is 53.6. The molecular weight excluding hydrogens is 1140 g/mol. The van der Waals surface area contributed by atoms with Crippen molar-refractivity contribution in [1.82, 2.24) is 73.8 Å². The Hall–Kier alpha value is 8.06. The van der Waals surface area contributed by atoms with Gasteiger partial charge in [-0.1, -0.05) is 37.1 Å². The summed E-state index contributed by atoms with van der Waals surface area (Å²) in [7, 11) is -1.17. The third kappa shape index (κ3) is 1090. The van der Waals surface area contributed by atoms with Crippen molar-refractivity contribution in [2.24, 2.45) is 5.64 Å². The van der Waals surface area contributed by atoms with Crippen molar-refractivity contribution in [2.75, 3.05) is 52.9 Å². The number of halogens is 4. The summed E-state index contributed by atoms with van der Waals surface area (Å²) in [6.45, 7) is 15.2. The molecular formula is C23H116B14Cl4Li5N13Na5O13S. The monoisotopic (exact) mass is 1260 g/mol. The third-order valence-electron chi connectivity index (χ3n) is 2.51. The first-order valence-corrected chi connectivity index (χ1v) is 20.5. The van der Waals surface area contributed by atoms with Gasteiger partial charge < -0.3 is 136 Å². The van der Waals surface area contributed by atoms with Gasteiger partial charge in [0.15, 0.2) is 7.98 Å². The molecule has 0 atom stereocenters. The molecule has 2 aliphatic rings. The van der Waals surface area contributed by atoms with Crippen molar-refractivity contribution in [3.63, 3.8) is 0 Å². The Bertz CT molecular complexity index is 604. The van der Waals surface area contributed by atoms with Crippen molar-refractivity contribution in [1.29, 1.82) is 0 Å². The molecule has 55 heteroatoms. The first kappa shape index (κ1) is 453. The number of hydrogen-bond acceptors (Lipinski definition) is 26. The molecule has 0 saturated carbocycles. The fourth-order valence-corrected chi connectivity index (χ4v) is 1.43. The second-order valence-corrected chi connectivity index (χ2v) is 5.70. The minimum absolute atomic E-state index is 0. The van der Waals surface area contributed by atoms with E-state index in [9.17, 15) is 0 Å². The summed E-state index contributed by atoms with van der Waals surface area (Å²) in [5, 5.41) is 8.43. The van der Waals surface area contributed by atoms with Crippen LogP contribution in [0.5, 0.6) is 0 Å². The molecule has 2 heterocycles. The van der Waals surface area contributed by atoms with Crippen molar-refractivity contribution in [3.05, 3.63) is 0 Å². The zero-order valence-corrected chi connectivity index (χ0v) is 62.0. The van der Waals surface area contributed by atoms with Crippen LogP contribution in [0.2, 0.25) is 0 Å². The van der Waals surface area contributed by atoms with Gasteiger partial charge in [0.2, 0.25) is 0 Å². The Balaban J connectivity index is -0.00000000172. The van der Waals surface area contributed by atoms with Gasteiger partial charge >= 0.3 is 233 Å². The molecule has 0 amide bonds. The fourth-order valence-electron chi connectivity index (χ4n) is 1.43. The third-order valence-corrected chi connectivity index (χ3v) is 2.51. The summed E-state index contributed by atoms with van der Waals surface area (Å²) >= 11 is 2.89. The number of hydrogen-bond donors (Lipinski definition) is 13. The number of ether oxygens (including phenoxy) is 4. The molecule has 38 N–H and O–H groups in total. The molecule has 0 aliphatic carbocycles. The van der Waals surface area contributed by atoms with Gasteiger partial charge in [-0.25, -0.2) is 0 Å². The van der Waals surface area contributed by atoms with E-state index < -0.39 is 10.4 Å². The van der Waals surface area contributed by atoms with E-state index in [-0.39, 0.29) is 481 Å². The van der Waals surface area contributed by atoms with E-state index in [2.05, 4.69) is 18.5 Å². The second kappa shape index (κ2) is 550. The molecule has 2 fully saturated rings. The molecule has 41 radical (unpaired) electrons. The van der Waals surface area contributed by atoms with Crippen LogP contribution in [0.4, 0.5) is 0 Å². The first-order valence-electron chi connectivity index (χ1n) is 11.2. The predicted octanol–water partition coefficient (Wildman–Crippen LogP) is -24.9. The zero-order valence-electron chi connectivity index (χ0n) is 52.0. The number of carbonyl (C=O) groups excluding carboxylic acids is 3. The van der Waals surface area contributed by atoms with Gasteiger partial charge in [-0.3, -0.25) is 13.2 Å². The van der Waals surface area contributed by atoms with Gasteiger partial charge in [0, 0.05) is 183 Å². The van der Waals surface area contributed by atoms with Crippen LogP contribution >= 0.6 is 37.2 Å². The molecule has 2 rings (SSSR count). The Kier molecular flexibility index (Phi) is 3200. The van der Waals surface area contributed by atoms with Crippen molar-refractivity contribution in [3.8, 4) is 0 Å². The van der Waals surface area contributed by atoms with Crippen molar-refractivity contribution >= 4 is 221 Å². The van der Waals surface area contributed by atoms with Crippen LogP contribution in [0, 0.1) is 0 Å². The minimum atomic E-state index is -5.17. The number of rotatable bonds is 5. The van der Waals surface area contributed by atoms with Crippen LogP contribution < -0.4 is 280 Å². The molecule has 2 saturated heterocycles. The molecule has 0 aromatic heterocycles. The molecule has 78 heavy (non-hydrogen) atoms. The van der Waals surface area contributed by atoms with Gasteiger partial charge in [-0.2, -0.15) is 9.59 Å². The van der Waals surface area contributed by atoms with E-state index in [1.165, 1.54) is 69.3 Å². The maximum absolute atomic E-state index is 8.64. The van der Waals surface area contributed by atoms with Crippen LogP contribution in [0.15, 0.2) is 0 Å². The van der Waals surface area contributed by atoms with E-state index in [1.54, 1.807) is 0 Å². The second-order valence-electron chi connectivity index (χ2n) is 4.89. The average molecular weight is 1260 g/mol. The van der Waals surface area contributed by atoms with E-state index in [0.29, 0.717) is 0 Å². The number of carbonyl (C=O) groups is 1. The topological polar surface area (TPSA) is 647 Å². The summed E-state index contributed by atoms with van der Waals surface area (Å²) in [5.74, 6) is 0. The molecule has 0 aromatic carbocycles. The van der Waals surface area contributed by atoms with E-state index in [0.717, 1.165) is 52.9 Å². The SMILES string of the molecule is C.C.C.C.C.C1CCOC1.C1CCOC1.CCOCC.CCOCC.Cl.Cl.Cl.N.N.N.N.N.N.N.N.N.N.N.N.O=C=O.O=CO[O-].O=S(=O)([O-])[O-].[B].[B].[B].[B].[B].[B].[B].[B].[B].[B].[B].[B].[B].[B]N.[Cl-].[H-].[H-].[H-].[H-].[HH].[HH].[HH].[HH].[HH].[HH].[HH].[Li+].[Li+].[Li+].[Li+].[Li+].[Na+].[Na+].[Na+].[Na][Na]. The molecule has 0 aromatic rings. The normalized spacial score (nSPS) is 5.44. The molecule has 437 valence electrons. The van der Waals surface area contributed by atoms with Gasteiger partial charge in [-0.15, -0.1) is 37.2 Å². The van der Waals surface area contributed by atoms with Gasteiger partial charge in [0.05, 0.1) is 0 Å². The summed E-state index contributed by atoms with van der Waals surface area (Å²) in [6.07, 6.45) is 5.36. The van der Waals surface area contributed by atoms with Crippen molar-refractivity contribution in [2.45, 2.75) is 90.5 Å². The molecule has 26 nitrogen and oxygen atoms in total. The predicted molar refractivity (Wildman–Crippen MR) is 338 cm³/mol. The van der Waals surface area contributed by atoms with E-state index in [1.807, 2.05) is 27.7 Å². The molecule has 0 bridgehead atoms. The Morgan fingerprint density at radius 3 is 0.590 bits per heavy atom. The average Bonchev–Trinajstić information content (AvgIpc) is 3.62. The van der Waals surface area contributed by atoms with E-state index in [4.69, 9.17) is 56.1 Å². The summed E-state index contributed by atoms with van der Waals surface area (Å²) in [4.78, 5) is 27.5. The molecule has 2 aliphatic heterocycles. The standard InChI is InChI=1S/2C4H8O.2C4H10O.CH2O3.CO2.5CH4.BH2N.13B.4ClH.5Li.12H3N.5Na.H2O4S.7H2.4H/c2*1-2-4-5-3-1;2*1-3-5-4-2;2-1-4-3;2-1-3;;;;;;1-2;;;;;;;;;;;;;;;;;;;;;;;;;;;;;;;;;;;;;;;;1-5(2,3)4;;;;;;;;;;;/h2*1-4H2;2*3-4H2,1-2H3;1,3H;;5*1H4;2H2;;;;;;;;;;;;;;4*1H;;;;;;12*1H3;;;;;;(H2,1,2,3,4);7*1H;;;;/q;;;;;;;;;;;;;;;;;;;;;;;;;;;;;5*+1;;;;;;;;;;;;;;;3*+1;;;;;;;;;4*-1/p-4. The summed E-state index contributed by atoms with van der Waals surface area (Å²) in [6, 6.07) is 0. The van der Waals surface area contributed by atoms with Gasteiger partial charge in [-0.05, 0) is 53.4 Å². The first-order chi connectivity index (χ1) is 17.2.